The van der Waals surface area contributed by atoms with E-state index in [4.69, 9.17) is 16.3 Å². The molecule has 9 heteroatoms. The normalized spacial score (nSPS) is 17.6. The number of nitrogens with zero attached hydrogens (tertiary/aromatic N) is 1. The Balaban J connectivity index is 0.00000155. The van der Waals surface area contributed by atoms with Crippen LogP contribution in [0.15, 0.2) is 54.6 Å². The van der Waals surface area contributed by atoms with Gasteiger partial charge in [-0.2, -0.15) is 17.4 Å². The molecule has 164 valence electrons. The van der Waals surface area contributed by atoms with E-state index in [-0.39, 0.29) is 25.6 Å². The first kappa shape index (κ1) is 24.1. The summed E-state index contributed by atoms with van der Waals surface area (Å²) in [5.74, 6) is -0.657. The van der Waals surface area contributed by atoms with E-state index in [1.165, 1.54) is 4.31 Å². The first-order valence-corrected chi connectivity index (χ1v) is 11.6. The van der Waals surface area contributed by atoms with E-state index in [0.29, 0.717) is 17.2 Å². The number of carboxylic acid groups (broad SMARTS) is 1. The largest absolute Gasteiger partial charge is 0.489 e. The van der Waals surface area contributed by atoms with Crippen LogP contribution in [-0.4, -0.2) is 49.0 Å². The van der Waals surface area contributed by atoms with Gasteiger partial charge < -0.3 is 9.84 Å². The highest BCUT2D eigenvalue weighted by Crippen LogP contribution is 2.23. The third-order valence-electron chi connectivity index (χ3n) is 4.42. The van der Waals surface area contributed by atoms with Gasteiger partial charge >= 0.3 is 5.97 Å². The molecular weight excluding hydrogens is 428 g/mol. The smallest absolute Gasteiger partial charge is 0.322 e. The van der Waals surface area contributed by atoms with Crippen LogP contribution in [0.3, 0.4) is 0 Å². The molecule has 2 aromatic carbocycles. The Morgan fingerprint density at radius 2 is 1.93 bits per heavy atom. The number of nitrogens with one attached hydrogen (secondary N) is 1. The highest BCUT2D eigenvalue weighted by molar-refractivity contribution is 7.87. The maximum absolute atomic E-state index is 12.7. The quantitative estimate of drug-likeness (QED) is 0.637. The van der Waals surface area contributed by atoms with Gasteiger partial charge in [0.1, 0.15) is 17.9 Å². The molecule has 30 heavy (non-hydrogen) atoms. The van der Waals surface area contributed by atoms with Gasteiger partial charge in [0.25, 0.3) is 10.2 Å². The fraction of sp³-hybridized carbons (Fsp3) is 0.381. The van der Waals surface area contributed by atoms with Crippen LogP contribution < -0.4 is 9.46 Å². The molecule has 0 spiro atoms. The number of ether oxygens (including phenoxy) is 1. The van der Waals surface area contributed by atoms with Gasteiger partial charge in [-0.1, -0.05) is 61.8 Å². The van der Waals surface area contributed by atoms with Gasteiger partial charge in [0.05, 0.1) is 6.54 Å². The number of aliphatic carboxylic acids is 1. The van der Waals surface area contributed by atoms with Crippen LogP contribution in [0.5, 0.6) is 5.75 Å². The SMILES string of the molecule is CC.O=C(O)C(Cc1ccccc1)NS(=O)(=O)N1CCC(Oc2cccc(Cl)c2)C1. The van der Waals surface area contributed by atoms with Crippen molar-refractivity contribution in [3.8, 4) is 5.75 Å². The van der Waals surface area contributed by atoms with Crippen molar-refractivity contribution in [3.63, 3.8) is 0 Å². The molecule has 1 aliphatic heterocycles. The van der Waals surface area contributed by atoms with Gasteiger partial charge in [-0.3, -0.25) is 4.79 Å². The maximum atomic E-state index is 12.7. The van der Waals surface area contributed by atoms with Crippen LogP contribution in [0.2, 0.25) is 5.02 Å². The Kier molecular flexibility index (Phi) is 9.10. The first-order chi connectivity index (χ1) is 14.3. The molecule has 3 rings (SSSR count). The molecule has 0 aliphatic carbocycles. The van der Waals surface area contributed by atoms with Gasteiger partial charge in [0, 0.05) is 11.6 Å². The molecule has 1 aliphatic rings. The lowest BCUT2D eigenvalue weighted by Crippen LogP contribution is -2.48. The maximum Gasteiger partial charge on any atom is 0.322 e. The molecule has 0 saturated carbocycles. The fourth-order valence-corrected chi connectivity index (χ4v) is 4.61. The van der Waals surface area contributed by atoms with E-state index in [0.717, 1.165) is 5.56 Å². The van der Waals surface area contributed by atoms with Crippen LogP contribution in [0.4, 0.5) is 0 Å². The minimum absolute atomic E-state index is 0.0612. The van der Waals surface area contributed by atoms with Gasteiger partial charge in [-0.15, -0.1) is 0 Å². The third-order valence-corrected chi connectivity index (χ3v) is 6.25. The summed E-state index contributed by atoms with van der Waals surface area (Å²) in [7, 11) is -3.96. The highest BCUT2D eigenvalue weighted by Gasteiger charge is 2.35. The van der Waals surface area contributed by atoms with Gasteiger partial charge in [-0.05, 0) is 36.6 Å². The second kappa shape index (κ2) is 11.3. The van der Waals surface area contributed by atoms with Crippen molar-refractivity contribution in [2.24, 2.45) is 0 Å². The lowest BCUT2D eigenvalue weighted by atomic mass is 10.1. The van der Waals surface area contributed by atoms with E-state index >= 15 is 0 Å². The van der Waals surface area contributed by atoms with Crippen molar-refractivity contribution in [3.05, 3.63) is 65.2 Å². The van der Waals surface area contributed by atoms with Gasteiger partial charge in [0.15, 0.2) is 0 Å². The van der Waals surface area contributed by atoms with Gasteiger partial charge in [0.2, 0.25) is 0 Å². The molecule has 0 aromatic heterocycles. The summed E-state index contributed by atoms with van der Waals surface area (Å²) in [6.45, 7) is 4.39. The van der Waals surface area contributed by atoms with Gasteiger partial charge in [-0.25, -0.2) is 0 Å². The topological polar surface area (TPSA) is 95.9 Å². The molecule has 2 atom stereocenters. The molecule has 2 unspecified atom stereocenters. The van der Waals surface area contributed by atoms with Crippen LogP contribution in [0.25, 0.3) is 0 Å². The Hall–Kier alpha value is -2.13. The summed E-state index contributed by atoms with van der Waals surface area (Å²) < 4.78 is 34.6. The Morgan fingerprint density at radius 3 is 2.57 bits per heavy atom. The van der Waals surface area contributed by atoms with Crippen molar-refractivity contribution in [2.45, 2.75) is 38.8 Å². The van der Waals surface area contributed by atoms with Crippen LogP contribution in [0, 0.1) is 0 Å². The number of halogens is 1. The lowest BCUT2D eigenvalue weighted by Gasteiger charge is -2.21. The predicted molar refractivity (Wildman–Crippen MR) is 117 cm³/mol. The summed E-state index contributed by atoms with van der Waals surface area (Å²) in [5, 5.41) is 9.97. The Labute approximate surface area is 182 Å². The Bertz CT molecular complexity index is 924. The minimum atomic E-state index is -3.96. The molecular formula is C21H27ClN2O5S. The van der Waals surface area contributed by atoms with Crippen LogP contribution in [0.1, 0.15) is 25.8 Å². The summed E-state index contributed by atoms with van der Waals surface area (Å²) in [6, 6.07) is 14.5. The van der Waals surface area contributed by atoms with Crippen molar-refractivity contribution in [1.82, 2.24) is 9.03 Å². The molecule has 7 nitrogen and oxygen atoms in total. The van der Waals surface area contributed by atoms with E-state index in [2.05, 4.69) is 4.72 Å². The molecule has 1 fully saturated rings. The summed E-state index contributed by atoms with van der Waals surface area (Å²) in [4.78, 5) is 11.6. The average Bonchev–Trinajstić information content (AvgIpc) is 3.19. The van der Waals surface area contributed by atoms with Crippen molar-refractivity contribution >= 4 is 27.8 Å². The summed E-state index contributed by atoms with van der Waals surface area (Å²) >= 11 is 5.93. The monoisotopic (exact) mass is 454 g/mol. The van der Waals surface area contributed by atoms with Crippen molar-refractivity contribution in [2.75, 3.05) is 13.1 Å². The number of hydrogen-bond donors (Lipinski definition) is 2. The molecule has 1 saturated heterocycles. The van der Waals surface area contributed by atoms with E-state index in [1.54, 1.807) is 48.5 Å². The number of carboxylic acids is 1. The average molecular weight is 455 g/mol. The lowest BCUT2D eigenvalue weighted by molar-refractivity contribution is -0.138. The number of hydrogen-bond acceptors (Lipinski definition) is 4. The van der Waals surface area contributed by atoms with E-state index in [9.17, 15) is 18.3 Å². The fourth-order valence-electron chi connectivity index (χ4n) is 3.03. The molecule has 0 amide bonds. The molecule has 0 radical (unpaired) electrons. The standard InChI is InChI=1S/C19H21ClN2O5S.C2H6/c20-15-7-4-8-16(12-15)27-17-9-10-22(13-17)28(25,26)21-18(19(23)24)11-14-5-2-1-3-6-14;1-2/h1-8,12,17-18,21H,9-11,13H2,(H,23,24);1-2H3. The molecule has 1 heterocycles. The highest BCUT2D eigenvalue weighted by atomic mass is 35.5. The zero-order valence-corrected chi connectivity index (χ0v) is 18.6. The Morgan fingerprint density at radius 1 is 1.23 bits per heavy atom. The number of benzene rings is 2. The third kappa shape index (κ3) is 6.98. The molecule has 2 N–H and O–H groups in total. The second-order valence-electron chi connectivity index (χ2n) is 6.55. The summed E-state index contributed by atoms with van der Waals surface area (Å²) in [6.07, 6.45) is 0.239. The zero-order valence-electron chi connectivity index (χ0n) is 17.0. The van der Waals surface area contributed by atoms with E-state index in [1.807, 2.05) is 19.9 Å². The van der Waals surface area contributed by atoms with Crippen LogP contribution >= 0.6 is 11.6 Å². The first-order valence-electron chi connectivity index (χ1n) is 9.80. The van der Waals surface area contributed by atoms with Crippen molar-refractivity contribution < 1.29 is 23.1 Å². The zero-order chi connectivity index (χ0) is 22.1. The number of carbonyl (C=O) groups is 1. The molecule has 2 aromatic rings. The second-order valence-corrected chi connectivity index (χ2v) is 8.69. The van der Waals surface area contributed by atoms with E-state index < -0.39 is 22.2 Å². The van der Waals surface area contributed by atoms with Crippen LogP contribution in [-0.2, 0) is 21.4 Å². The predicted octanol–water partition coefficient (Wildman–Crippen LogP) is 3.35. The minimum Gasteiger partial charge on any atom is -0.489 e. The van der Waals surface area contributed by atoms with Crippen molar-refractivity contribution in [1.29, 1.82) is 0 Å². The summed E-state index contributed by atoms with van der Waals surface area (Å²) in [5.41, 5.74) is 0.737. The number of rotatable bonds is 8. The molecule has 0 bridgehead atoms.